The first-order valence-corrected chi connectivity index (χ1v) is 18.6. The van der Waals surface area contributed by atoms with Crippen molar-refractivity contribution in [2.45, 2.75) is 0 Å². The van der Waals surface area contributed by atoms with Crippen molar-refractivity contribution in [2.75, 3.05) is 0 Å². The molecule has 3 aromatic heterocycles. The zero-order chi connectivity index (χ0) is 36.3. The quantitative estimate of drug-likeness (QED) is 0.168. The lowest BCUT2D eigenvalue weighted by atomic mass is 9.84. The van der Waals surface area contributed by atoms with Gasteiger partial charge in [-0.2, -0.15) is 0 Å². The van der Waals surface area contributed by atoms with Crippen molar-refractivity contribution in [3.63, 3.8) is 0 Å². The Kier molecular flexibility index (Phi) is 7.17. The summed E-state index contributed by atoms with van der Waals surface area (Å²) in [5.74, 6) is 1.58. The SMILES string of the molecule is c1ccc2cc(-c3c4ccccc4c(-c4ccc5ccccc5c4)c4cc(-c5ccc(-c6ccc(-c7cncc8ccccc78)nc6)o5)ccc34)ccc2c1. The van der Waals surface area contributed by atoms with Gasteiger partial charge in [-0.1, -0.05) is 133 Å². The second-order valence-electron chi connectivity index (χ2n) is 14.2. The Labute approximate surface area is 317 Å². The highest BCUT2D eigenvalue weighted by atomic mass is 16.3. The summed E-state index contributed by atoms with van der Waals surface area (Å²) in [6.45, 7) is 0. The average molecular weight is 701 g/mol. The van der Waals surface area contributed by atoms with Crippen LogP contribution in [0, 0.1) is 0 Å². The molecular formula is C52H32N2O. The minimum absolute atomic E-state index is 0.773. The monoisotopic (exact) mass is 700 g/mol. The molecule has 0 unspecified atom stereocenters. The largest absolute Gasteiger partial charge is 0.456 e. The van der Waals surface area contributed by atoms with E-state index in [0.717, 1.165) is 44.7 Å². The average Bonchev–Trinajstić information content (AvgIpc) is 3.75. The molecule has 0 aliphatic rings. The Morgan fingerprint density at radius 2 is 0.855 bits per heavy atom. The smallest absolute Gasteiger partial charge is 0.136 e. The fraction of sp³-hybridized carbons (Fsp3) is 0. The van der Waals surface area contributed by atoms with E-state index in [9.17, 15) is 0 Å². The summed E-state index contributed by atoms with van der Waals surface area (Å²) in [5, 5.41) is 12.0. The fourth-order valence-corrected chi connectivity index (χ4v) is 8.31. The topological polar surface area (TPSA) is 38.9 Å². The number of fused-ring (bicyclic) bond motifs is 5. The Bertz CT molecular complexity index is 3260. The second-order valence-corrected chi connectivity index (χ2v) is 14.2. The molecule has 0 N–H and O–H groups in total. The van der Waals surface area contributed by atoms with Crippen LogP contribution in [0.2, 0.25) is 0 Å². The summed E-state index contributed by atoms with van der Waals surface area (Å²) in [6.07, 6.45) is 5.66. The van der Waals surface area contributed by atoms with Crippen LogP contribution in [-0.4, -0.2) is 9.97 Å². The highest BCUT2D eigenvalue weighted by molar-refractivity contribution is 6.22. The third-order valence-corrected chi connectivity index (χ3v) is 11.0. The van der Waals surface area contributed by atoms with Gasteiger partial charge in [0.05, 0.1) is 5.69 Å². The van der Waals surface area contributed by atoms with Crippen molar-refractivity contribution in [2.24, 2.45) is 0 Å². The van der Waals surface area contributed by atoms with Crippen molar-refractivity contribution in [3.8, 4) is 56.2 Å². The van der Waals surface area contributed by atoms with Crippen LogP contribution in [0.3, 0.4) is 0 Å². The van der Waals surface area contributed by atoms with Gasteiger partial charge in [0.15, 0.2) is 0 Å². The molecule has 8 aromatic carbocycles. The molecule has 0 fully saturated rings. The normalized spacial score (nSPS) is 11.6. The van der Waals surface area contributed by atoms with Gasteiger partial charge in [0.1, 0.15) is 11.5 Å². The number of pyridine rings is 2. The predicted octanol–water partition coefficient (Wildman–Crippen LogP) is 14.2. The Balaban J connectivity index is 1.08. The molecule has 3 nitrogen and oxygen atoms in total. The number of nitrogens with zero attached hydrogens (tertiary/aromatic N) is 2. The third-order valence-electron chi connectivity index (χ3n) is 11.0. The van der Waals surface area contributed by atoms with Crippen LogP contribution < -0.4 is 0 Å². The lowest BCUT2D eigenvalue weighted by molar-refractivity contribution is 0.597. The number of hydrogen-bond acceptors (Lipinski definition) is 3. The maximum absolute atomic E-state index is 6.62. The van der Waals surface area contributed by atoms with E-state index in [2.05, 4.69) is 163 Å². The van der Waals surface area contributed by atoms with Gasteiger partial charge in [0.2, 0.25) is 0 Å². The lowest BCUT2D eigenvalue weighted by Gasteiger charge is -2.19. The lowest BCUT2D eigenvalue weighted by Crippen LogP contribution is -1.92. The van der Waals surface area contributed by atoms with Crippen LogP contribution in [0.4, 0.5) is 0 Å². The minimum Gasteiger partial charge on any atom is -0.456 e. The van der Waals surface area contributed by atoms with Crippen LogP contribution in [-0.2, 0) is 0 Å². The Morgan fingerprint density at radius 3 is 1.51 bits per heavy atom. The molecule has 11 aromatic rings. The molecule has 0 bridgehead atoms. The van der Waals surface area contributed by atoms with E-state index in [-0.39, 0.29) is 0 Å². The van der Waals surface area contributed by atoms with E-state index in [1.807, 2.05) is 36.8 Å². The van der Waals surface area contributed by atoms with E-state index in [1.165, 1.54) is 65.3 Å². The summed E-state index contributed by atoms with van der Waals surface area (Å²) in [6, 6.07) is 63.0. The van der Waals surface area contributed by atoms with Crippen molar-refractivity contribution < 1.29 is 4.42 Å². The number of benzene rings is 8. The highest BCUT2D eigenvalue weighted by Crippen LogP contribution is 2.46. The van der Waals surface area contributed by atoms with Crippen LogP contribution in [0.15, 0.2) is 199 Å². The number of rotatable bonds is 5. The molecular weight excluding hydrogens is 669 g/mol. The first-order chi connectivity index (χ1) is 27.2. The van der Waals surface area contributed by atoms with Gasteiger partial charge in [0, 0.05) is 40.7 Å². The van der Waals surface area contributed by atoms with Crippen molar-refractivity contribution in [1.82, 2.24) is 9.97 Å². The third kappa shape index (κ3) is 5.28. The molecule has 0 saturated heterocycles. The maximum Gasteiger partial charge on any atom is 0.136 e. The van der Waals surface area contributed by atoms with Crippen molar-refractivity contribution >= 4 is 53.9 Å². The second kappa shape index (κ2) is 12.6. The van der Waals surface area contributed by atoms with Crippen molar-refractivity contribution in [3.05, 3.63) is 195 Å². The number of aromatic nitrogens is 2. The Hall–Kier alpha value is -7.36. The Morgan fingerprint density at radius 1 is 0.327 bits per heavy atom. The molecule has 11 rings (SSSR count). The van der Waals surface area contributed by atoms with E-state index in [1.54, 1.807) is 0 Å². The van der Waals surface area contributed by atoms with Crippen LogP contribution in [0.5, 0.6) is 0 Å². The van der Waals surface area contributed by atoms with Gasteiger partial charge in [-0.15, -0.1) is 0 Å². The fourth-order valence-electron chi connectivity index (χ4n) is 8.31. The summed E-state index contributed by atoms with van der Waals surface area (Å²) < 4.78 is 6.62. The zero-order valence-electron chi connectivity index (χ0n) is 29.8. The van der Waals surface area contributed by atoms with Crippen LogP contribution in [0.1, 0.15) is 0 Å². The van der Waals surface area contributed by atoms with E-state index >= 15 is 0 Å². The molecule has 3 heterocycles. The summed E-state index contributed by atoms with van der Waals surface area (Å²) >= 11 is 0. The van der Waals surface area contributed by atoms with Crippen LogP contribution >= 0.6 is 0 Å². The van der Waals surface area contributed by atoms with Gasteiger partial charge >= 0.3 is 0 Å². The minimum atomic E-state index is 0.773. The molecule has 0 amide bonds. The van der Waals surface area contributed by atoms with E-state index in [0.29, 0.717) is 0 Å². The molecule has 0 saturated carbocycles. The predicted molar refractivity (Wildman–Crippen MR) is 229 cm³/mol. The molecule has 0 radical (unpaired) electrons. The molecule has 256 valence electrons. The van der Waals surface area contributed by atoms with Gasteiger partial charge in [0.25, 0.3) is 0 Å². The molecule has 3 heteroatoms. The van der Waals surface area contributed by atoms with Crippen molar-refractivity contribution in [1.29, 1.82) is 0 Å². The maximum atomic E-state index is 6.62. The van der Waals surface area contributed by atoms with Crippen LogP contribution in [0.25, 0.3) is 110 Å². The number of hydrogen-bond donors (Lipinski definition) is 0. The summed E-state index contributed by atoms with van der Waals surface area (Å²) in [5.41, 5.74) is 8.68. The summed E-state index contributed by atoms with van der Waals surface area (Å²) in [7, 11) is 0. The first kappa shape index (κ1) is 31.2. The molecule has 0 spiro atoms. The van der Waals surface area contributed by atoms with Gasteiger partial charge in [-0.05, 0) is 113 Å². The van der Waals surface area contributed by atoms with Gasteiger partial charge < -0.3 is 4.42 Å². The molecule has 0 atom stereocenters. The van der Waals surface area contributed by atoms with E-state index in [4.69, 9.17) is 9.40 Å². The molecule has 55 heavy (non-hydrogen) atoms. The first-order valence-electron chi connectivity index (χ1n) is 18.6. The zero-order valence-corrected chi connectivity index (χ0v) is 29.8. The van der Waals surface area contributed by atoms with Gasteiger partial charge in [-0.25, -0.2) is 0 Å². The number of furan rings is 1. The highest BCUT2D eigenvalue weighted by Gasteiger charge is 2.19. The van der Waals surface area contributed by atoms with E-state index < -0.39 is 0 Å². The standard InChI is InChI=1S/C52H32N2O/c1-3-11-35-27-38(19-17-33(35)9-1)51-43-15-7-8-16-44(43)52(39-20-18-34-10-2-4-12-36(34)28-39)46-29-37(21-23-45(46)51)49-25-26-50(55-49)41-22-24-48(54-31-41)47-32-53-30-40-13-5-6-14-42(40)47/h1-32H. The molecule has 0 aliphatic carbocycles. The molecule has 0 aliphatic heterocycles. The summed E-state index contributed by atoms with van der Waals surface area (Å²) in [4.78, 5) is 9.31. The van der Waals surface area contributed by atoms with Gasteiger partial charge in [-0.3, -0.25) is 9.97 Å².